The van der Waals surface area contributed by atoms with Gasteiger partial charge in [-0.05, 0) is 25.1 Å². The van der Waals surface area contributed by atoms with E-state index in [1.807, 2.05) is 0 Å². The van der Waals surface area contributed by atoms with Crippen LogP contribution in [0.4, 0.5) is 10.1 Å². The lowest BCUT2D eigenvalue weighted by Crippen LogP contribution is -2.06. The molecule has 1 aromatic rings. The van der Waals surface area contributed by atoms with Gasteiger partial charge < -0.3 is 10.4 Å². The molecule has 0 heterocycles. The van der Waals surface area contributed by atoms with Crippen molar-refractivity contribution in [2.45, 2.75) is 6.92 Å². The molecule has 0 aromatic heterocycles. The summed E-state index contributed by atoms with van der Waals surface area (Å²) >= 11 is 0. The molecule has 1 rings (SSSR count). The van der Waals surface area contributed by atoms with Gasteiger partial charge in [0.2, 0.25) is 0 Å². The Morgan fingerprint density at radius 3 is 2.79 bits per heavy atom. The van der Waals surface area contributed by atoms with Crippen molar-refractivity contribution in [3.63, 3.8) is 0 Å². The summed E-state index contributed by atoms with van der Waals surface area (Å²) in [6.07, 6.45) is 0. The van der Waals surface area contributed by atoms with Gasteiger partial charge in [-0.3, -0.25) is 4.79 Å². The van der Waals surface area contributed by atoms with Crippen molar-refractivity contribution < 1.29 is 14.3 Å². The predicted octanol–water partition coefficient (Wildman–Crippen LogP) is 1.43. The first-order valence-electron chi connectivity index (χ1n) is 4.29. The van der Waals surface area contributed by atoms with Gasteiger partial charge in [-0.2, -0.15) is 0 Å². The topological polar surface area (TPSA) is 49.3 Å². The zero-order chi connectivity index (χ0) is 10.6. The summed E-state index contributed by atoms with van der Waals surface area (Å²) in [4.78, 5) is 11.0. The summed E-state index contributed by atoms with van der Waals surface area (Å²) in [5.74, 6) is -0.644. The lowest BCUT2D eigenvalue weighted by atomic mass is 10.1. The maximum atomic E-state index is 13.0. The van der Waals surface area contributed by atoms with E-state index in [4.69, 9.17) is 5.11 Å². The number of rotatable bonds is 4. The average Bonchev–Trinajstić information content (AvgIpc) is 2.14. The molecule has 0 aliphatic carbocycles. The number of Topliss-reactive ketones (excluding diaryl/α,β-unsaturated/α-hetero) is 1. The normalized spacial score (nSPS) is 9.93. The van der Waals surface area contributed by atoms with E-state index in [9.17, 15) is 9.18 Å². The Bertz CT molecular complexity index is 339. The molecule has 76 valence electrons. The Balaban J connectivity index is 2.89. The average molecular weight is 197 g/mol. The number of anilines is 1. The van der Waals surface area contributed by atoms with Crippen LogP contribution in [0.25, 0.3) is 0 Å². The third-order valence-electron chi connectivity index (χ3n) is 1.75. The van der Waals surface area contributed by atoms with Crippen LogP contribution in [-0.2, 0) is 0 Å². The van der Waals surface area contributed by atoms with Gasteiger partial charge in [0, 0.05) is 17.8 Å². The molecule has 0 aliphatic rings. The quantitative estimate of drug-likeness (QED) is 0.718. The Morgan fingerprint density at radius 2 is 2.21 bits per heavy atom. The largest absolute Gasteiger partial charge is 0.395 e. The van der Waals surface area contributed by atoms with Crippen LogP contribution in [0.15, 0.2) is 18.2 Å². The van der Waals surface area contributed by atoms with Crippen LogP contribution in [0, 0.1) is 5.82 Å². The first kappa shape index (κ1) is 10.7. The van der Waals surface area contributed by atoms with Gasteiger partial charge >= 0.3 is 0 Å². The fraction of sp³-hybridized carbons (Fsp3) is 0.300. The third kappa shape index (κ3) is 2.81. The highest BCUT2D eigenvalue weighted by atomic mass is 19.1. The summed E-state index contributed by atoms with van der Waals surface area (Å²) < 4.78 is 13.0. The lowest BCUT2D eigenvalue weighted by Gasteiger charge is -2.05. The van der Waals surface area contributed by atoms with Crippen LogP contribution in [0.5, 0.6) is 0 Å². The van der Waals surface area contributed by atoms with Gasteiger partial charge in [-0.15, -0.1) is 0 Å². The number of halogens is 1. The molecular weight excluding hydrogens is 185 g/mol. The number of carbonyl (C=O) groups excluding carboxylic acids is 1. The van der Waals surface area contributed by atoms with Gasteiger partial charge in [0.1, 0.15) is 5.82 Å². The summed E-state index contributed by atoms with van der Waals surface area (Å²) in [7, 11) is 0. The molecule has 0 saturated carbocycles. The number of hydrogen-bond donors (Lipinski definition) is 2. The number of nitrogens with one attached hydrogen (secondary N) is 1. The highest BCUT2D eigenvalue weighted by Crippen LogP contribution is 2.14. The van der Waals surface area contributed by atoms with Gasteiger partial charge in [-0.25, -0.2) is 4.39 Å². The molecule has 0 fully saturated rings. The molecule has 4 heteroatoms. The minimum atomic E-state index is -0.460. The van der Waals surface area contributed by atoms with E-state index in [2.05, 4.69) is 5.32 Å². The van der Waals surface area contributed by atoms with Gasteiger partial charge in [0.15, 0.2) is 5.78 Å². The number of aliphatic hydroxyl groups is 1. The number of aliphatic hydroxyl groups excluding tert-OH is 1. The molecule has 0 unspecified atom stereocenters. The number of benzene rings is 1. The van der Waals surface area contributed by atoms with Crippen LogP contribution >= 0.6 is 0 Å². The van der Waals surface area contributed by atoms with Crippen molar-refractivity contribution in [1.82, 2.24) is 0 Å². The smallest absolute Gasteiger partial charge is 0.159 e. The maximum absolute atomic E-state index is 13.0. The second-order valence-corrected chi connectivity index (χ2v) is 2.94. The van der Waals surface area contributed by atoms with E-state index >= 15 is 0 Å². The van der Waals surface area contributed by atoms with Crippen molar-refractivity contribution in [2.75, 3.05) is 18.5 Å². The molecule has 0 spiro atoms. The van der Waals surface area contributed by atoms with Gasteiger partial charge in [0.25, 0.3) is 0 Å². The maximum Gasteiger partial charge on any atom is 0.159 e. The molecule has 1 aromatic carbocycles. The van der Waals surface area contributed by atoms with E-state index in [1.54, 1.807) is 6.07 Å². The van der Waals surface area contributed by atoms with E-state index in [1.165, 1.54) is 19.1 Å². The third-order valence-corrected chi connectivity index (χ3v) is 1.75. The van der Waals surface area contributed by atoms with Crippen LogP contribution in [0.2, 0.25) is 0 Å². The highest BCUT2D eigenvalue weighted by molar-refractivity contribution is 5.94. The molecule has 0 bridgehead atoms. The summed E-state index contributed by atoms with van der Waals surface area (Å²) in [5.41, 5.74) is 0.828. The summed E-state index contributed by atoms with van der Waals surface area (Å²) in [6, 6.07) is 4.02. The van der Waals surface area contributed by atoms with E-state index in [0.29, 0.717) is 17.8 Å². The van der Waals surface area contributed by atoms with Crippen LogP contribution in [0.3, 0.4) is 0 Å². The van der Waals surface area contributed by atoms with Crippen LogP contribution in [-0.4, -0.2) is 24.0 Å². The van der Waals surface area contributed by atoms with Crippen LogP contribution < -0.4 is 5.32 Å². The second kappa shape index (κ2) is 4.72. The van der Waals surface area contributed by atoms with E-state index in [-0.39, 0.29) is 12.4 Å². The Kier molecular flexibility index (Phi) is 3.59. The standard InChI is InChI=1S/C10H12FNO2/c1-7(14)8-4-9(11)6-10(5-8)12-2-3-13/h4-6,12-13H,2-3H2,1H3. The SMILES string of the molecule is CC(=O)c1cc(F)cc(NCCO)c1. The lowest BCUT2D eigenvalue weighted by molar-refractivity contribution is 0.101. The second-order valence-electron chi connectivity index (χ2n) is 2.94. The summed E-state index contributed by atoms with van der Waals surface area (Å²) in [6.45, 7) is 1.68. The molecule has 3 nitrogen and oxygen atoms in total. The zero-order valence-electron chi connectivity index (χ0n) is 7.88. The number of carbonyl (C=O) groups is 1. The molecular formula is C10H12FNO2. The molecule has 0 aliphatic heterocycles. The predicted molar refractivity (Wildman–Crippen MR) is 52.0 cm³/mol. The Hall–Kier alpha value is -1.42. The van der Waals surface area contributed by atoms with E-state index < -0.39 is 5.82 Å². The zero-order valence-corrected chi connectivity index (χ0v) is 7.88. The van der Waals surface area contributed by atoms with Crippen molar-refractivity contribution >= 4 is 11.5 Å². The monoisotopic (exact) mass is 197 g/mol. The Labute approximate surface area is 81.6 Å². The minimum absolute atomic E-state index is 0.0358. The number of hydrogen-bond acceptors (Lipinski definition) is 3. The van der Waals surface area contributed by atoms with Crippen molar-refractivity contribution in [2.24, 2.45) is 0 Å². The molecule has 14 heavy (non-hydrogen) atoms. The highest BCUT2D eigenvalue weighted by Gasteiger charge is 2.03. The van der Waals surface area contributed by atoms with E-state index in [0.717, 1.165) is 0 Å². The fourth-order valence-electron chi connectivity index (χ4n) is 1.10. The molecule has 0 atom stereocenters. The number of ketones is 1. The van der Waals surface area contributed by atoms with Crippen molar-refractivity contribution in [3.05, 3.63) is 29.6 Å². The first-order valence-corrected chi connectivity index (χ1v) is 4.29. The molecule has 0 saturated heterocycles. The minimum Gasteiger partial charge on any atom is -0.395 e. The molecule has 2 N–H and O–H groups in total. The van der Waals surface area contributed by atoms with Crippen molar-refractivity contribution in [1.29, 1.82) is 0 Å². The fourth-order valence-corrected chi connectivity index (χ4v) is 1.10. The van der Waals surface area contributed by atoms with Crippen LogP contribution in [0.1, 0.15) is 17.3 Å². The Morgan fingerprint density at radius 1 is 1.50 bits per heavy atom. The van der Waals surface area contributed by atoms with Gasteiger partial charge in [0.05, 0.1) is 6.61 Å². The summed E-state index contributed by atoms with van der Waals surface area (Å²) in [5, 5.41) is 11.3. The first-order chi connectivity index (χ1) is 6.63. The van der Waals surface area contributed by atoms with Gasteiger partial charge in [-0.1, -0.05) is 0 Å². The molecule has 0 radical (unpaired) electrons. The van der Waals surface area contributed by atoms with Crippen molar-refractivity contribution in [3.8, 4) is 0 Å². The molecule has 0 amide bonds.